The maximum atomic E-state index is 13.3. The molecule has 1 amide bonds. The highest BCUT2D eigenvalue weighted by Crippen LogP contribution is 2.33. The molecular formula is C25H23F3N4O3. The van der Waals surface area contributed by atoms with Crippen molar-refractivity contribution in [1.29, 1.82) is 0 Å². The van der Waals surface area contributed by atoms with Gasteiger partial charge in [-0.1, -0.05) is 30.8 Å². The van der Waals surface area contributed by atoms with Crippen molar-refractivity contribution in [3.05, 3.63) is 88.6 Å². The zero-order valence-corrected chi connectivity index (χ0v) is 18.8. The first-order chi connectivity index (χ1) is 16.6. The zero-order valence-electron chi connectivity index (χ0n) is 18.8. The Morgan fingerprint density at radius 1 is 1.20 bits per heavy atom. The fraction of sp³-hybridized carbons (Fsp3) is 0.240. The van der Waals surface area contributed by atoms with Gasteiger partial charge in [-0.05, 0) is 48.4 Å². The molecule has 0 saturated heterocycles. The number of hydrogen-bond acceptors (Lipinski definition) is 4. The lowest BCUT2D eigenvalue weighted by Crippen LogP contribution is -2.29. The highest BCUT2D eigenvalue weighted by atomic mass is 19.4. The van der Waals surface area contributed by atoms with E-state index in [0.29, 0.717) is 41.3 Å². The zero-order chi connectivity index (χ0) is 25.3. The second-order valence-electron chi connectivity index (χ2n) is 8.25. The van der Waals surface area contributed by atoms with Gasteiger partial charge in [0.05, 0.1) is 29.4 Å². The Kier molecular flexibility index (Phi) is 6.38. The van der Waals surface area contributed by atoms with E-state index in [-0.39, 0.29) is 12.1 Å². The van der Waals surface area contributed by atoms with Crippen LogP contribution in [0.1, 0.15) is 56.1 Å². The number of carboxylic acids is 1. The lowest BCUT2D eigenvalue weighted by atomic mass is 10.1. The van der Waals surface area contributed by atoms with E-state index in [2.05, 4.69) is 17.0 Å². The number of benzene rings is 2. The molecule has 0 aliphatic carbocycles. The van der Waals surface area contributed by atoms with Crippen LogP contribution in [0.4, 0.5) is 19.0 Å². The molecule has 1 aromatic heterocycles. The van der Waals surface area contributed by atoms with Gasteiger partial charge in [0.15, 0.2) is 0 Å². The van der Waals surface area contributed by atoms with Crippen molar-refractivity contribution in [1.82, 2.24) is 15.1 Å². The average molecular weight is 484 g/mol. The van der Waals surface area contributed by atoms with E-state index in [1.807, 2.05) is 4.90 Å². The molecule has 0 saturated carbocycles. The summed E-state index contributed by atoms with van der Waals surface area (Å²) in [4.78, 5) is 26.2. The minimum absolute atomic E-state index is 0.140. The first kappa shape index (κ1) is 24.1. The van der Waals surface area contributed by atoms with Gasteiger partial charge in [-0.15, -0.1) is 0 Å². The maximum absolute atomic E-state index is 13.3. The number of aromatic carboxylic acids is 1. The lowest BCUT2D eigenvalue weighted by Gasteiger charge is -2.21. The molecule has 7 nitrogen and oxygen atoms in total. The lowest BCUT2D eigenvalue weighted by molar-refractivity contribution is -0.137. The number of carbonyl (C=O) groups is 2. The van der Waals surface area contributed by atoms with Crippen molar-refractivity contribution in [2.45, 2.75) is 32.2 Å². The van der Waals surface area contributed by atoms with E-state index in [1.54, 1.807) is 29.8 Å². The number of rotatable bonds is 7. The molecule has 2 aromatic carbocycles. The Balaban J connectivity index is 1.58. The number of alkyl halides is 3. The van der Waals surface area contributed by atoms with E-state index in [4.69, 9.17) is 5.11 Å². The van der Waals surface area contributed by atoms with Crippen LogP contribution in [0.5, 0.6) is 0 Å². The molecule has 10 heteroatoms. The Bertz CT molecular complexity index is 1280. The van der Waals surface area contributed by atoms with E-state index < -0.39 is 29.7 Å². The van der Waals surface area contributed by atoms with Crippen molar-refractivity contribution in [3.8, 4) is 0 Å². The molecule has 3 aromatic rings. The molecule has 2 N–H and O–H groups in total. The summed E-state index contributed by atoms with van der Waals surface area (Å²) in [5, 5.41) is 16.4. The van der Waals surface area contributed by atoms with Gasteiger partial charge in [-0.3, -0.25) is 4.79 Å². The number of fused-ring (bicyclic) bond motifs is 1. The summed E-state index contributed by atoms with van der Waals surface area (Å²) < 4.78 is 41.1. The number of carbonyl (C=O) groups excluding carboxylic acids is 1. The fourth-order valence-electron chi connectivity index (χ4n) is 4.12. The van der Waals surface area contributed by atoms with Crippen LogP contribution in [0.2, 0.25) is 0 Å². The summed E-state index contributed by atoms with van der Waals surface area (Å²) in [6, 6.07) is 10.9. The molecule has 1 aliphatic rings. The third-order valence-corrected chi connectivity index (χ3v) is 5.89. The Hall–Kier alpha value is -4.08. The third-order valence-electron chi connectivity index (χ3n) is 5.89. The standard InChI is InChI=1S/C25H23F3N4O3/c1-3-20-21(22(33)29-15(2)17-7-9-18(10-8-17)24(34)35)23-31(11-12-32(23)30-20)14-16-5-4-6-19(13-16)25(26,27)28/h3-10,13,15H,1,11-12,14H2,2H3,(H,29,33)(H,34,35)/t15-/m0/s1. The Morgan fingerprint density at radius 2 is 1.91 bits per heavy atom. The molecule has 0 fully saturated rings. The molecule has 0 bridgehead atoms. The Morgan fingerprint density at radius 3 is 2.54 bits per heavy atom. The first-order valence-corrected chi connectivity index (χ1v) is 10.9. The smallest absolute Gasteiger partial charge is 0.416 e. The van der Waals surface area contributed by atoms with Gasteiger partial charge in [0, 0.05) is 13.1 Å². The van der Waals surface area contributed by atoms with Crippen molar-refractivity contribution < 1.29 is 27.9 Å². The largest absolute Gasteiger partial charge is 0.478 e. The molecule has 182 valence electrons. The molecule has 0 radical (unpaired) electrons. The maximum Gasteiger partial charge on any atom is 0.416 e. The van der Waals surface area contributed by atoms with E-state index in [9.17, 15) is 22.8 Å². The van der Waals surface area contributed by atoms with Crippen LogP contribution < -0.4 is 10.2 Å². The molecule has 2 heterocycles. The van der Waals surface area contributed by atoms with Crippen molar-refractivity contribution >= 4 is 23.8 Å². The number of nitrogens with zero attached hydrogens (tertiary/aromatic N) is 3. The molecule has 35 heavy (non-hydrogen) atoms. The van der Waals surface area contributed by atoms with Gasteiger partial charge < -0.3 is 15.3 Å². The highest BCUT2D eigenvalue weighted by molar-refractivity contribution is 6.02. The van der Waals surface area contributed by atoms with Gasteiger partial charge >= 0.3 is 12.1 Å². The average Bonchev–Trinajstić information content (AvgIpc) is 3.38. The number of amides is 1. The second-order valence-corrected chi connectivity index (χ2v) is 8.25. The molecule has 1 atom stereocenters. The van der Waals surface area contributed by atoms with E-state index >= 15 is 0 Å². The van der Waals surface area contributed by atoms with Crippen molar-refractivity contribution in [2.24, 2.45) is 0 Å². The monoisotopic (exact) mass is 484 g/mol. The molecule has 1 aliphatic heterocycles. The summed E-state index contributed by atoms with van der Waals surface area (Å²) in [5.41, 5.74) is 1.26. The summed E-state index contributed by atoms with van der Waals surface area (Å²) in [5.74, 6) is -0.935. The van der Waals surface area contributed by atoms with Crippen LogP contribution in [-0.2, 0) is 19.3 Å². The molecule has 0 spiro atoms. The summed E-state index contributed by atoms with van der Waals surface area (Å²) in [6.45, 7) is 6.66. The quantitative estimate of drug-likeness (QED) is 0.505. The van der Waals surface area contributed by atoms with Crippen LogP contribution >= 0.6 is 0 Å². The number of nitrogens with one attached hydrogen (secondary N) is 1. The molecule has 0 unspecified atom stereocenters. The van der Waals surface area contributed by atoms with E-state index in [0.717, 1.165) is 12.1 Å². The number of hydrogen-bond donors (Lipinski definition) is 2. The number of aromatic nitrogens is 2. The van der Waals surface area contributed by atoms with Crippen LogP contribution in [0.25, 0.3) is 6.08 Å². The molecule has 4 rings (SSSR count). The van der Waals surface area contributed by atoms with Gasteiger partial charge in [0.1, 0.15) is 11.4 Å². The van der Waals surface area contributed by atoms with Gasteiger partial charge in [0.2, 0.25) is 0 Å². The van der Waals surface area contributed by atoms with Crippen LogP contribution in [-0.4, -0.2) is 33.3 Å². The predicted octanol–water partition coefficient (Wildman–Crippen LogP) is 4.75. The third kappa shape index (κ3) is 4.91. The first-order valence-electron chi connectivity index (χ1n) is 10.9. The summed E-state index contributed by atoms with van der Waals surface area (Å²) in [6.07, 6.45) is -2.97. The Labute approximate surface area is 199 Å². The SMILES string of the molecule is C=Cc1nn2c(c1C(=O)N[C@@H](C)c1ccc(C(=O)O)cc1)N(Cc1cccc(C(F)(F)F)c1)CC2. The fourth-order valence-corrected chi connectivity index (χ4v) is 4.12. The van der Waals surface area contributed by atoms with Crippen LogP contribution in [0.15, 0.2) is 55.1 Å². The number of halogens is 3. The van der Waals surface area contributed by atoms with Crippen LogP contribution in [0, 0.1) is 0 Å². The normalized spacial score (nSPS) is 13.9. The van der Waals surface area contributed by atoms with Crippen molar-refractivity contribution in [2.75, 3.05) is 11.4 Å². The van der Waals surface area contributed by atoms with E-state index in [1.165, 1.54) is 24.3 Å². The topological polar surface area (TPSA) is 87.5 Å². The predicted molar refractivity (Wildman–Crippen MR) is 124 cm³/mol. The molecular weight excluding hydrogens is 461 g/mol. The minimum atomic E-state index is -4.44. The summed E-state index contributed by atoms with van der Waals surface area (Å²) in [7, 11) is 0. The highest BCUT2D eigenvalue weighted by Gasteiger charge is 2.33. The second kappa shape index (κ2) is 9.28. The van der Waals surface area contributed by atoms with Crippen molar-refractivity contribution in [3.63, 3.8) is 0 Å². The van der Waals surface area contributed by atoms with Gasteiger partial charge in [-0.25, -0.2) is 9.48 Å². The van der Waals surface area contributed by atoms with Gasteiger partial charge in [-0.2, -0.15) is 18.3 Å². The van der Waals surface area contributed by atoms with Crippen LogP contribution in [0.3, 0.4) is 0 Å². The number of carboxylic acid groups (broad SMARTS) is 1. The number of anilines is 1. The summed E-state index contributed by atoms with van der Waals surface area (Å²) >= 11 is 0. The minimum Gasteiger partial charge on any atom is -0.478 e. The van der Waals surface area contributed by atoms with Gasteiger partial charge in [0.25, 0.3) is 5.91 Å².